The van der Waals surface area contributed by atoms with Gasteiger partial charge in [-0.15, -0.1) is 0 Å². The Morgan fingerprint density at radius 2 is 2.06 bits per heavy atom. The summed E-state index contributed by atoms with van der Waals surface area (Å²) < 4.78 is 4.96. The summed E-state index contributed by atoms with van der Waals surface area (Å²) in [6.07, 6.45) is 1.51. The summed E-state index contributed by atoms with van der Waals surface area (Å²) in [6.45, 7) is 0.219. The molecule has 0 atom stereocenters. The van der Waals surface area contributed by atoms with E-state index in [-0.39, 0.29) is 6.54 Å². The smallest absolute Gasteiger partial charge is 0.240 e. The van der Waals surface area contributed by atoms with Crippen molar-refractivity contribution in [1.82, 2.24) is 20.1 Å². The van der Waals surface area contributed by atoms with Gasteiger partial charge in [-0.1, -0.05) is 5.16 Å². The Labute approximate surface area is 102 Å². The molecule has 0 saturated carbocycles. The number of hydrogen-bond donors (Lipinski definition) is 2. The van der Waals surface area contributed by atoms with Crippen LogP contribution in [0.2, 0.25) is 0 Å². The summed E-state index contributed by atoms with van der Waals surface area (Å²) in [4.78, 5) is 12.5. The van der Waals surface area contributed by atoms with Crippen molar-refractivity contribution >= 4 is 16.9 Å². The highest BCUT2D eigenvalue weighted by Gasteiger charge is 2.08. The predicted molar refractivity (Wildman–Crippen MR) is 65.1 cm³/mol. The Kier molecular flexibility index (Phi) is 2.38. The normalized spacial score (nSPS) is 10.9. The van der Waals surface area contributed by atoms with E-state index in [1.165, 1.54) is 6.20 Å². The number of nitrogen functional groups attached to an aromatic ring is 1. The fourth-order valence-corrected chi connectivity index (χ4v) is 1.62. The summed E-state index contributed by atoms with van der Waals surface area (Å²) in [5, 5.41) is 3.84. The van der Waals surface area contributed by atoms with Crippen LogP contribution in [0.4, 0.5) is 5.82 Å². The summed E-state index contributed by atoms with van der Waals surface area (Å²) in [7, 11) is 0. The van der Waals surface area contributed by atoms with Crippen molar-refractivity contribution < 1.29 is 4.52 Å². The molecule has 0 radical (unpaired) electrons. The molecule has 4 N–H and O–H groups in total. The summed E-state index contributed by atoms with van der Waals surface area (Å²) >= 11 is 0. The molecule has 18 heavy (non-hydrogen) atoms. The Bertz CT molecular complexity index is 708. The van der Waals surface area contributed by atoms with Crippen LogP contribution in [0.15, 0.2) is 28.9 Å². The van der Waals surface area contributed by atoms with E-state index in [0.29, 0.717) is 17.5 Å². The van der Waals surface area contributed by atoms with Crippen LogP contribution in [0.3, 0.4) is 0 Å². The molecule has 0 unspecified atom stereocenters. The fraction of sp³-hybridized carbons (Fsp3) is 0.0909. The van der Waals surface area contributed by atoms with Crippen LogP contribution in [0.5, 0.6) is 0 Å². The Balaban J connectivity index is 2.10. The lowest BCUT2D eigenvalue weighted by Gasteiger charge is -1.99. The van der Waals surface area contributed by atoms with Crippen molar-refractivity contribution in [3.63, 3.8) is 0 Å². The minimum atomic E-state index is 0.219. The Morgan fingerprint density at radius 1 is 1.17 bits per heavy atom. The number of hydrogen-bond acceptors (Lipinski definition) is 7. The molecule has 2 heterocycles. The molecule has 0 amide bonds. The fourth-order valence-electron chi connectivity index (χ4n) is 1.62. The van der Waals surface area contributed by atoms with E-state index in [9.17, 15) is 0 Å². The van der Waals surface area contributed by atoms with Crippen molar-refractivity contribution in [3.05, 3.63) is 30.3 Å². The van der Waals surface area contributed by atoms with Gasteiger partial charge in [-0.25, -0.2) is 4.98 Å². The molecule has 90 valence electrons. The Hall–Kier alpha value is -2.54. The molecule has 0 saturated heterocycles. The van der Waals surface area contributed by atoms with Gasteiger partial charge in [0, 0.05) is 5.56 Å². The standard InChI is InChI=1S/C11H10N6O/c12-4-10-16-11(17-18-10)6-1-2-7-8(3-6)14-5-9(13)15-7/h1-3,5H,4,12H2,(H2,13,15). The minimum Gasteiger partial charge on any atom is -0.382 e. The van der Waals surface area contributed by atoms with Crippen LogP contribution >= 0.6 is 0 Å². The van der Waals surface area contributed by atoms with Crippen molar-refractivity contribution in [2.45, 2.75) is 6.54 Å². The van der Waals surface area contributed by atoms with Gasteiger partial charge in [0.05, 0.1) is 23.8 Å². The summed E-state index contributed by atoms with van der Waals surface area (Å²) in [5.41, 5.74) is 13.2. The molecule has 0 aliphatic heterocycles. The maximum Gasteiger partial charge on any atom is 0.240 e. The van der Waals surface area contributed by atoms with Crippen LogP contribution in [-0.2, 0) is 6.54 Å². The van der Waals surface area contributed by atoms with Crippen LogP contribution in [0.25, 0.3) is 22.4 Å². The molecular formula is C11H10N6O. The highest BCUT2D eigenvalue weighted by Crippen LogP contribution is 2.20. The molecule has 1 aromatic carbocycles. The van der Waals surface area contributed by atoms with E-state index in [0.717, 1.165) is 16.6 Å². The van der Waals surface area contributed by atoms with Crippen LogP contribution in [0, 0.1) is 0 Å². The molecule has 0 aliphatic carbocycles. The third kappa shape index (κ3) is 1.76. The highest BCUT2D eigenvalue weighted by molar-refractivity contribution is 5.80. The third-order valence-electron chi connectivity index (χ3n) is 2.46. The van der Waals surface area contributed by atoms with Crippen LogP contribution < -0.4 is 11.5 Å². The molecule has 0 aliphatic rings. The second-order valence-corrected chi connectivity index (χ2v) is 3.71. The number of benzene rings is 1. The van der Waals surface area contributed by atoms with E-state index < -0.39 is 0 Å². The first-order valence-corrected chi connectivity index (χ1v) is 5.31. The van der Waals surface area contributed by atoms with Gasteiger partial charge in [0.25, 0.3) is 0 Å². The predicted octanol–water partition coefficient (Wildman–Crippen LogP) is 0.721. The highest BCUT2D eigenvalue weighted by atomic mass is 16.5. The average molecular weight is 242 g/mol. The second kappa shape index (κ2) is 4.04. The van der Waals surface area contributed by atoms with Gasteiger partial charge in [0.2, 0.25) is 11.7 Å². The lowest BCUT2D eigenvalue weighted by molar-refractivity contribution is 0.380. The van der Waals surface area contributed by atoms with Crippen LogP contribution in [-0.4, -0.2) is 20.1 Å². The molecule has 3 rings (SSSR count). The van der Waals surface area contributed by atoms with E-state index >= 15 is 0 Å². The van der Waals surface area contributed by atoms with E-state index in [2.05, 4.69) is 20.1 Å². The maximum absolute atomic E-state index is 5.57. The number of anilines is 1. The first-order valence-electron chi connectivity index (χ1n) is 5.31. The SMILES string of the molecule is NCc1nc(-c2ccc3nc(N)cnc3c2)no1. The second-order valence-electron chi connectivity index (χ2n) is 3.71. The topological polar surface area (TPSA) is 117 Å². The zero-order valence-corrected chi connectivity index (χ0v) is 9.37. The van der Waals surface area contributed by atoms with Crippen molar-refractivity contribution in [2.24, 2.45) is 5.73 Å². The monoisotopic (exact) mass is 242 g/mol. The van der Waals surface area contributed by atoms with Gasteiger partial charge >= 0.3 is 0 Å². The van der Waals surface area contributed by atoms with Gasteiger partial charge in [-0.3, -0.25) is 4.98 Å². The third-order valence-corrected chi connectivity index (χ3v) is 2.46. The number of fused-ring (bicyclic) bond motifs is 1. The molecule has 7 nitrogen and oxygen atoms in total. The van der Waals surface area contributed by atoms with Gasteiger partial charge in [-0.05, 0) is 18.2 Å². The van der Waals surface area contributed by atoms with Crippen molar-refractivity contribution in [2.75, 3.05) is 5.73 Å². The average Bonchev–Trinajstić information content (AvgIpc) is 2.87. The molecular weight excluding hydrogens is 232 g/mol. The lowest BCUT2D eigenvalue weighted by Crippen LogP contribution is -1.95. The molecule has 7 heteroatoms. The number of nitrogens with two attached hydrogens (primary N) is 2. The Morgan fingerprint density at radius 3 is 2.83 bits per heavy atom. The number of rotatable bonds is 2. The van der Waals surface area contributed by atoms with Gasteiger partial charge < -0.3 is 16.0 Å². The van der Waals surface area contributed by atoms with E-state index in [1.54, 1.807) is 0 Å². The van der Waals surface area contributed by atoms with E-state index in [1.807, 2.05) is 18.2 Å². The molecule has 0 bridgehead atoms. The van der Waals surface area contributed by atoms with Crippen LogP contribution in [0.1, 0.15) is 5.89 Å². The first-order chi connectivity index (χ1) is 8.76. The zero-order valence-electron chi connectivity index (χ0n) is 9.37. The largest absolute Gasteiger partial charge is 0.382 e. The van der Waals surface area contributed by atoms with Gasteiger partial charge in [0.1, 0.15) is 5.82 Å². The molecule has 3 aromatic rings. The summed E-state index contributed by atoms with van der Waals surface area (Å²) in [5.74, 6) is 1.27. The van der Waals surface area contributed by atoms with E-state index in [4.69, 9.17) is 16.0 Å². The number of aromatic nitrogens is 4. The molecule has 2 aromatic heterocycles. The first kappa shape index (κ1) is 10.6. The summed E-state index contributed by atoms with van der Waals surface area (Å²) in [6, 6.07) is 5.47. The quantitative estimate of drug-likeness (QED) is 0.679. The van der Waals surface area contributed by atoms with Gasteiger partial charge in [0.15, 0.2) is 0 Å². The number of nitrogens with zero attached hydrogens (tertiary/aromatic N) is 4. The van der Waals surface area contributed by atoms with Crippen molar-refractivity contribution in [1.29, 1.82) is 0 Å². The van der Waals surface area contributed by atoms with Crippen molar-refractivity contribution in [3.8, 4) is 11.4 Å². The molecule has 0 spiro atoms. The molecule has 0 fully saturated rings. The minimum absolute atomic E-state index is 0.219. The maximum atomic E-state index is 5.57. The zero-order chi connectivity index (χ0) is 12.5. The van der Waals surface area contributed by atoms with Gasteiger partial charge in [-0.2, -0.15) is 4.98 Å². The lowest BCUT2D eigenvalue weighted by atomic mass is 10.2.